The standard InChI is InChI=1S/C15H20ClN/c16-13-5-3-4-11(8-13)12-9-15(10-12)17-14-6-1-2-7-14/h3-5,8,12,14-15,17H,1-2,6-7,9-10H2. The first-order valence-electron chi connectivity index (χ1n) is 6.83. The fourth-order valence-electron chi connectivity index (χ4n) is 3.21. The molecular formula is C15H20ClN. The molecule has 92 valence electrons. The highest BCUT2D eigenvalue weighted by Gasteiger charge is 2.32. The summed E-state index contributed by atoms with van der Waals surface area (Å²) in [5.41, 5.74) is 1.42. The first kappa shape index (κ1) is 11.6. The van der Waals surface area contributed by atoms with E-state index in [1.807, 2.05) is 6.07 Å². The Bertz CT molecular complexity index is 378. The van der Waals surface area contributed by atoms with Gasteiger partial charge in [0.15, 0.2) is 0 Å². The largest absolute Gasteiger partial charge is 0.311 e. The van der Waals surface area contributed by atoms with E-state index in [1.165, 1.54) is 44.1 Å². The maximum atomic E-state index is 6.03. The fourth-order valence-corrected chi connectivity index (χ4v) is 3.41. The number of benzene rings is 1. The van der Waals surface area contributed by atoms with Crippen molar-refractivity contribution in [2.45, 2.75) is 56.5 Å². The average molecular weight is 250 g/mol. The molecule has 0 saturated heterocycles. The molecule has 0 atom stereocenters. The van der Waals surface area contributed by atoms with E-state index in [2.05, 4.69) is 23.5 Å². The zero-order valence-corrected chi connectivity index (χ0v) is 10.9. The van der Waals surface area contributed by atoms with Gasteiger partial charge in [-0.05, 0) is 49.3 Å². The van der Waals surface area contributed by atoms with Crippen LogP contribution in [0.4, 0.5) is 0 Å². The van der Waals surface area contributed by atoms with Gasteiger partial charge in [-0.15, -0.1) is 0 Å². The van der Waals surface area contributed by atoms with Crippen LogP contribution in [0, 0.1) is 0 Å². The molecule has 0 spiro atoms. The van der Waals surface area contributed by atoms with Gasteiger partial charge in [0.2, 0.25) is 0 Å². The molecule has 1 aromatic rings. The van der Waals surface area contributed by atoms with Gasteiger partial charge >= 0.3 is 0 Å². The summed E-state index contributed by atoms with van der Waals surface area (Å²) in [4.78, 5) is 0. The normalized spacial score (nSPS) is 29.2. The zero-order valence-electron chi connectivity index (χ0n) is 10.2. The summed E-state index contributed by atoms with van der Waals surface area (Å²) in [5.74, 6) is 0.729. The quantitative estimate of drug-likeness (QED) is 0.850. The number of hydrogen-bond acceptors (Lipinski definition) is 1. The van der Waals surface area contributed by atoms with E-state index in [0.717, 1.165) is 23.0 Å². The van der Waals surface area contributed by atoms with E-state index in [0.29, 0.717) is 0 Å². The summed E-state index contributed by atoms with van der Waals surface area (Å²) in [6, 6.07) is 9.91. The van der Waals surface area contributed by atoms with Gasteiger partial charge in [0.25, 0.3) is 0 Å². The van der Waals surface area contributed by atoms with Gasteiger partial charge < -0.3 is 5.32 Å². The van der Waals surface area contributed by atoms with E-state index in [9.17, 15) is 0 Å². The van der Waals surface area contributed by atoms with Crippen LogP contribution in [-0.4, -0.2) is 12.1 Å². The van der Waals surface area contributed by atoms with Crippen molar-refractivity contribution in [3.05, 3.63) is 34.9 Å². The van der Waals surface area contributed by atoms with Gasteiger partial charge in [-0.3, -0.25) is 0 Å². The van der Waals surface area contributed by atoms with Crippen LogP contribution >= 0.6 is 11.6 Å². The maximum absolute atomic E-state index is 6.03. The summed E-state index contributed by atoms with van der Waals surface area (Å²) in [6.07, 6.45) is 8.19. The lowest BCUT2D eigenvalue weighted by Crippen LogP contribution is -2.44. The summed E-state index contributed by atoms with van der Waals surface area (Å²) >= 11 is 6.03. The lowest BCUT2D eigenvalue weighted by atomic mass is 9.75. The highest BCUT2D eigenvalue weighted by molar-refractivity contribution is 6.30. The number of halogens is 1. The smallest absolute Gasteiger partial charge is 0.0408 e. The molecule has 17 heavy (non-hydrogen) atoms. The van der Waals surface area contributed by atoms with E-state index in [-0.39, 0.29) is 0 Å². The Morgan fingerprint density at radius 2 is 1.82 bits per heavy atom. The van der Waals surface area contributed by atoms with Crippen LogP contribution in [0.3, 0.4) is 0 Å². The van der Waals surface area contributed by atoms with E-state index in [4.69, 9.17) is 11.6 Å². The van der Waals surface area contributed by atoms with Gasteiger partial charge in [0.05, 0.1) is 0 Å². The van der Waals surface area contributed by atoms with Gasteiger partial charge in [0.1, 0.15) is 0 Å². The number of hydrogen-bond donors (Lipinski definition) is 1. The topological polar surface area (TPSA) is 12.0 Å². The molecule has 2 saturated carbocycles. The minimum Gasteiger partial charge on any atom is -0.311 e. The van der Waals surface area contributed by atoms with Gasteiger partial charge in [-0.1, -0.05) is 36.6 Å². The molecule has 0 bridgehead atoms. The summed E-state index contributed by atoms with van der Waals surface area (Å²) < 4.78 is 0. The van der Waals surface area contributed by atoms with Gasteiger partial charge in [-0.2, -0.15) is 0 Å². The van der Waals surface area contributed by atoms with Crippen molar-refractivity contribution >= 4 is 11.6 Å². The molecular weight excluding hydrogens is 230 g/mol. The van der Waals surface area contributed by atoms with E-state index in [1.54, 1.807) is 0 Å². The molecule has 0 aliphatic heterocycles. The van der Waals surface area contributed by atoms with Crippen molar-refractivity contribution in [2.24, 2.45) is 0 Å². The minimum atomic E-state index is 0.729. The van der Waals surface area contributed by atoms with Crippen LogP contribution in [0.5, 0.6) is 0 Å². The molecule has 0 aromatic heterocycles. The second-order valence-electron chi connectivity index (χ2n) is 5.57. The zero-order chi connectivity index (χ0) is 11.7. The minimum absolute atomic E-state index is 0.729. The van der Waals surface area contributed by atoms with Crippen molar-refractivity contribution in [3.8, 4) is 0 Å². The number of rotatable bonds is 3. The monoisotopic (exact) mass is 249 g/mol. The SMILES string of the molecule is Clc1cccc(C2CC(NC3CCCC3)C2)c1. The summed E-state index contributed by atoms with van der Waals surface area (Å²) in [5, 5.41) is 4.67. The number of nitrogens with one attached hydrogen (secondary N) is 1. The van der Waals surface area contributed by atoms with Crippen molar-refractivity contribution < 1.29 is 0 Å². The highest BCUT2D eigenvalue weighted by Crippen LogP contribution is 2.38. The second kappa shape index (κ2) is 4.99. The van der Waals surface area contributed by atoms with Crippen LogP contribution in [0.2, 0.25) is 5.02 Å². The van der Waals surface area contributed by atoms with Crippen molar-refractivity contribution in [1.82, 2.24) is 5.32 Å². The molecule has 1 nitrogen and oxygen atoms in total. The fraction of sp³-hybridized carbons (Fsp3) is 0.600. The third-order valence-electron chi connectivity index (χ3n) is 4.28. The Hall–Kier alpha value is -0.530. The molecule has 1 N–H and O–H groups in total. The van der Waals surface area contributed by atoms with Crippen LogP contribution in [0.1, 0.15) is 50.0 Å². The first-order valence-corrected chi connectivity index (χ1v) is 7.20. The molecule has 2 fully saturated rings. The van der Waals surface area contributed by atoms with Crippen molar-refractivity contribution in [3.63, 3.8) is 0 Å². The van der Waals surface area contributed by atoms with Crippen LogP contribution in [-0.2, 0) is 0 Å². The van der Waals surface area contributed by atoms with E-state index < -0.39 is 0 Å². The molecule has 3 rings (SSSR count). The Balaban J connectivity index is 1.50. The molecule has 2 aliphatic rings. The molecule has 2 heteroatoms. The lowest BCUT2D eigenvalue weighted by Gasteiger charge is -2.38. The Labute approximate surface area is 109 Å². The molecule has 0 unspecified atom stereocenters. The highest BCUT2D eigenvalue weighted by atomic mass is 35.5. The molecule has 0 radical (unpaired) electrons. The van der Waals surface area contributed by atoms with Crippen LogP contribution in [0.25, 0.3) is 0 Å². The van der Waals surface area contributed by atoms with Crippen LogP contribution in [0.15, 0.2) is 24.3 Å². The van der Waals surface area contributed by atoms with Gasteiger partial charge in [-0.25, -0.2) is 0 Å². The lowest BCUT2D eigenvalue weighted by molar-refractivity contribution is 0.265. The Morgan fingerprint density at radius 3 is 2.53 bits per heavy atom. The van der Waals surface area contributed by atoms with Crippen LogP contribution < -0.4 is 5.32 Å². The first-order chi connectivity index (χ1) is 8.31. The third-order valence-corrected chi connectivity index (χ3v) is 4.52. The Kier molecular flexibility index (Phi) is 3.39. The Morgan fingerprint density at radius 1 is 1.06 bits per heavy atom. The predicted molar refractivity (Wildman–Crippen MR) is 72.6 cm³/mol. The third kappa shape index (κ3) is 2.66. The van der Waals surface area contributed by atoms with Crippen molar-refractivity contribution in [2.75, 3.05) is 0 Å². The molecule has 1 aromatic carbocycles. The second-order valence-corrected chi connectivity index (χ2v) is 6.00. The summed E-state index contributed by atoms with van der Waals surface area (Å²) in [7, 11) is 0. The molecule has 0 amide bonds. The van der Waals surface area contributed by atoms with Crippen molar-refractivity contribution in [1.29, 1.82) is 0 Å². The maximum Gasteiger partial charge on any atom is 0.0408 e. The van der Waals surface area contributed by atoms with E-state index >= 15 is 0 Å². The summed E-state index contributed by atoms with van der Waals surface area (Å²) in [6.45, 7) is 0. The molecule has 0 heterocycles. The van der Waals surface area contributed by atoms with Gasteiger partial charge in [0, 0.05) is 17.1 Å². The molecule has 2 aliphatic carbocycles. The average Bonchev–Trinajstić information content (AvgIpc) is 2.75. The predicted octanol–water partition coefficient (Wildman–Crippen LogP) is 4.12.